The maximum Gasteiger partial charge on any atom is 0.173 e. The smallest absolute Gasteiger partial charge is 0.173 e. The highest BCUT2D eigenvalue weighted by Gasteiger charge is 2.31. The predicted molar refractivity (Wildman–Crippen MR) is 74.9 cm³/mol. The molecule has 3 heteroatoms. The number of halogens is 2. The standard InChI is InChI=1S/C17H16F2O/c1-11-4-7-14(19)10-15(11)16(20)17(2,3)12-5-8-13(18)9-6-12/h4-10H,1-3H3. The van der Waals surface area contributed by atoms with Crippen LogP contribution in [-0.2, 0) is 5.41 Å². The minimum absolute atomic E-state index is 0.180. The molecule has 1 nitrogen and oxygen atoms in total. The zero-order valence-corrected chi connectivity index (χ0v) is 11.7. The lowest BCUT2D eigenvalue weighted by atomic mass is 9.77. The van der Waals surface area contributed by atoms with E-state index < -0.39 is 11.2 Å². The molecule has 0 aliphatic heterocycles. The third-order valence-corrected chi connectivity index (χ3v) is 3.58. The SMILES string of the molecule is Cc1ccc(F)cc1C(=O)C(C)(C)c1ccc(F)cc1. The van der Waals surface area contributed by atoms with Gasteiger partial charge < -0.3 is 0 Å². The first-order valence-corrected chi connectivity index (χ1v) is 6.39. The topological polar surface area (TPSA) is 17.1 Å². The van der Waals surface area contributed by atoms with Crippen LogP contribution in [0.3, 0.4) is 0 Å². The molecule has 0 fully saturated rings. The Hall–Kier alpha value is -2.03. The van der Waals surface area contributed by atoms with Crippen LogP contribution in [0.15, 0.2) is 42.5 Å². The largest absolute Gasteiger partial charge is 0.293 e. The Labute approximate surface area is 117 Å². The van der Waals surface area contributed by atoms with E-state index in [0.717, 1.165) is 5.56 Å². The van der Waals surface area contributed by atoms with Gasteiger partial charge in [0.2, 0.25) is 0 Å². The van der Waals surface area contributed by atoms with Crippen molar-refractivity contribution in [3.05, 3.63) is 70.8 Å². The zero-order valence-electron chi connectivity index (χ0n) is 11.7. The number of carbonyl (C=O) groups excluding carboxylic acids is 1. The molecule has 2 aromatic rings. The Morgan fingerprint density at radius 3 is 2.10 bits per heavy atom. The molecule has 0 bridgehead atoms. The first kappa shape index (κ1) is 14.4. The Bertz CT molecular complexity index is 643. The van der Waals surface area contributed by atoms with Crippen LogP contribution >= 0.6 is 0 Å². The summed E-state index contributed by atoms with van der Waals surface area (Å²) in [6, 6.07) is 9.98. The second-order valence-electron chi connectivity index (χ2n) is 5.42. The van der Waals surface area contributed by atoms with E-state index in [1.54, 1.807) is 39.0 Å². The highest BCUT2D eigenvalue weighted by Crippen LogP contribution is 2.29. The van der Waals surface area contributed by atoms with Crippen molar-refractivity contribution in [2.45, 2.75) is 26.2 Å². The normalized spacial score (nSPS) is 11.4. The highest BCUT2D eigenvalue weighted by molar-refractivity contribution is 6.04. The van der Waals surface area contributed by atoms with Gasteiger partial charge in [-0.25, -0.2) is 8.78 Å². The van der Waals surface area contributed by atoms with Gasteiger partial charge in [-0.3, -0.25) is 4.79 Å². The van der Waals surface area contributed by atoms with Crippen LogP contribution in [0.4, 0.5) is 8.78 Å². The highest BCUT2D eigenvalue weighted by atomic mass is 19.1. The molecule has 0 N–H and O–H groups in total. The summed E-state index contributed by atoms with van der Waals surface area (Å²) in [5.41, 5.74) is 0.949. The van der Waals surface area contributed by atoms with E-state index in [2.05, 4.69) is 0 Å². The summed E-state index contributed by atoms with van der Waals surface area (Å²) in [5, 5.41) is 0. The lowest BCUT2D eigenvalue weighted by Gasteiger charge is -2.24. The Morgan fingerprint density at radius 2 is 1.50 bits per heavy atom. The van der Waals surface area contributed by atoms with Crippen molar-refractivity contribution >= 4 is 5.78 Å². The summed E-state index contributed by atoms with van der Waals surface area (Å²) in [7, 11) is 0. The van der Waals surface area contributed by atoms with Crippen LogP contribution < -0.4 is 0 Å². The molecule has 0 aliphatic rings. The summed E-state index contributed by atoms with van der Waals surface area (Å²) < 4.78 is 26.3. The Kier molecular flexibility index (Phi) is 3.71. The number of hydrogen-bond donors (Lipinski definition) is 0. The molecular weight excluding hydrogens is 258 g/mol. The van der Waals surface area contributed by atoms with Gasteiger partial charge in [-0.15, -0.1) is 0 Å². The molecule has 0 radical (unpaired) electrons. The van der Waals surface area contributed by atoms with Gasteiger partial charge in [0.15, 0.2) is 5.78 Å². The molecule has 0 aliphatic carbocycles. The molecule has 0 saturated heterocycles. The minimum Gasteiger partial charge on any atom is -0.293 e. The number of Topliss-reactive ketones (excluding diaryl/α,β-unsaturated/α-hetero) is 1. The summed E-state index contributed by atoms with van der Waals surface area (Å²) in [4.78, 5) is 12.7. The number of benzene rings is 2. The van der Waals surface area contributed by atoms with Gasteiger partial charge in [0.1, 0.15) is 11.6 Å². The van der Waals surface area contributed by atoms with Crippen molar-refractivity contribution in [3.63, 3.8) is 0 Å². The van der Waals surface area contributed by atoms with Crippen LogP contribution in [0.2, 0.25) is 0 Å². The predicted octanol–water partition coefficient (Wildman–Crippen LogP) is 4.43. The molecule has 20 heavy (non-hydrogen) atoms. The first-order valence-electron chi connectivity index (χ1n) is 6.39. The quantitative estimate of drug-likeness (QED) is 0.756. The monoisotopic (exact) mass is 274 g/mol. The van der Waals surface area contributed by atoms with E-state index in [9.17, 15) is 13.6 Å². The first-order chi connectivity index (χ1) is 9.32. The number of rotatable bonds is 3. The third kappa shape index (κ3) is 2.62. The number of ketones is 1. The lowest BCUT2D eigenvalue weighted by molar-refractivity contribution is 0.0907. The summed E-state index contributed by atoms with van der Waals surface area (Å²) in [6.07, 6.45) is 0. The maximum absolute atomic E-state index is 13.3. The zero-order chi connectivity index (χ0) is 14.9. The van der Waals surface area contributed by atoms with Gasteiger partial charge >= 0.3 is 0 Å². The molecule has 0 unspecified atom stereocenters. The van der Waals surface area contributed by atoms with Gasteiger partial charge in [-0.05, 0) is 56.2 Å². The molecule has 0 spiro atoms. The Balaban J connectivity index is 2.45. The molecule has 0 atom stereocenters. The fraction of sp³-hybridized carbons (Fsp3) is 0.235. The van der Waals surface area contributed by atoms with Gasteiger partial charge in [-0.2, -0.15) is 0 Å². The van der Waals surface area contributed by atoms with Crippen molar-refractivity contribution < 1.29 is 13.6 Å². The van der Waals surface area contributed by atoms with Crippen molar-refractivity contribution in [1.82, 2.24) is 0 Å². The average Bonchev–Trinajstić information content (AvgIpc) is 2.41. The number of hydrogen-bond acceptors (Lipinski definition) is 1. The molecular formula is C17H16F2O. The second-order valence-corrected chi connectivity index (χ2v) is 5.42. The van der Waals surface area contributed by atoms with Crippen LogP contribution in [0.5, 0.6) is 0 Å². The summed E-state index contributed by atoms with van der Waals surface area (Å²) in [6.45, 7) is 5.28. The van der Waals surface area contributed by atoms with Crippen molar-refractivity contribution in [2.75, 3.05) is 0 Å². The van der Waals surface area contributed by atoms with E-state index in [0.29, 0.717) is 11.1 Å². The molecule has 0 aromatic heterocycles. The molecule has 104 valence electrons. The second kappa shape index (κ2) is 5.16. The van der Waals surface area contributed by atoms with Gasteiger partial charge in [0.05, 0.1) is 5.41 Å². The molecule has 0 amide bonds. The number of carbonyl (C=O) groups is 1. The average molecular weight is 274 g/mol. The van der Waals surface area contributed by atoms with E-state index in [4.69, 9.17) is 0 Å². The van der Waals surface area contributed by atoms with Crippen molar-refractivity contribution in [1.29, 1.82) is 0 Å². The van der Waals surface area contributed by atoms with Gasteiger partial charge in [0, 0.05) is 5.56 Å². The molecule has 2 aromatic carbocycles. The van der Waals surface area contributed by atoms with Crippen LogP contribution in [0.1, 0.15) is 35.3 Å². The molecule has 2 rings (SSSR count). The Morgan fingerprint density at radius 1 is 0.950 bits per heavy atom. The van der Waals surface area contributed by atoms with Crippen LogP contribution in [-0.4, -0.2) is 5.78 Å². The minimum atomic E-state index is -0.841. The van der Waals surface area contributed by atoms with Gasteiger partial charge in [-0.1, -0.05) is 18.2 Å². The summed E-state index contributed by atoms with van der Waals surface area (Å²) >= 11 is 0. The van der Waals surface area contributed by atoms with Crippen molar-refractivity contribution in [2.24, 2.45) is 0 Å². The van der Waals surface area contributed by atoms with Crippen molar-refractivity contribution in [3.8, 4) is 0 Å². The third-order valence-electron chi connectivity index (χ3n) is 3.58. The van der Waals surface area contributed by atoms with Crippen LogP contribution in [0, 0.1) is 18.6 Å². The van der Waals surface area contributed by atoms with E-state index >= 15 is 0 Å². The van der Waals surface area contributed by atoms with E-state index in [1.807, 2.05) is 0 Å². The fourth-order valence-electron chi connectivity index (χ4n) is 2.17. The molecule has 0 saturated carbocycles. The number of aryl methyl sites for hydroxylation is 1. The lowest BCUT2D eigenvalue weighted by Crippen LogP contribution is -2.29. The summed E-state index contributed by atoms with van der Waals surface area (Å²) in [5.74, 6) is -0.964. The molecule has 0 heterocycles. The fourth-order valence-corrected chi connectivity index (χ4v) is 2.17. The maximum atomic E-state index is 13.3. The van der Waals surface area contributed by atoms with Gasteiger partial charge in [0.25, 0.3) is 0 Å². The van der Waals surface area contributed by atoms with E-state index in [1.165, 1.54) is 24.3 Å². The van der Waals surface area contributed by atoms with E-state index in [-0.39, 0.29) is 11.6 Å². The van der Waals surface area contributed by atoms with Crippen LogP contribution in [0.25, 0.3) is 0 Å².